The molecule has 0 aliphatic heterocycles. The Bertz CT molecular complexity index is 685. The number of rotatable bonds is 2. The van der Waals surface area contributed by atoms with Gasteiger partial charge >= 0.3 is 0 Å². The lowest BCUT2D eigenvalue weighted by Gasteiger charge is -2.04. The van der Waals surface area contributed by atoms with Crippen LogP contribution in [0, 0.1) is 0 Å². The van der Waals surface area contributed by atoms with E-state index in [1.807, 2.05) is 24.3 Å². The molecule has 90 valence electrons. The highest BCUT2D eigenvalue weighted by atomic mass is 16.3. The molecule has 1 unspecified atom stereocenters. The number of fused-ring (bicyclic) bond motifs is 1. The van der Waals surface area contributed by atoms with Gasteiger partial charge in [-0.3, -0.25) is 4.98 Å². The second-order valence-electron chi connectivity index (χ2n) is 4.14. The summed E-state index contributed by atoms with van der Waals surface area (Å²) in [7, 11) is 0. The molecule has 2 heterocycles. The van der Waals surface area contributed by atoms with Gasteiger partial charge in [0.2, 0.25) is 0 Å². The number of benzene rings is 1. The molecule has 3 aromatic rings. The van der Waals surface area contributed by atoms with E-state index in [1.54, 1.807) is 30.2 Å². The molecule has 0 fully saturated rings. The molecule has 0 amide bonds. The number of aromatic nitrogens is 4. The van der Waals surface area contributed by atoms with Gasteiger partial charge in [0.05, 0.1) is 18.0 Å². The van der Waals surface area contributed by atoms with Gasteiger partial charge in [-0.15, -0.1) is 5.10 Å². The van der Waals surface area contributed by atoms with E-state index in [2.05, 4.69) is 15.3 Å². The molecule has 0 saturated carbocycles. The van der Waals surface area contributed by atoms with Crippen molar-refractivity contribution < 1.29 is 5.11 Å². The Balaban J connectivity index is 2.18. The zero-order chi connectivity index (χ0) is 12.5. The summed E-state index contributed by atoms with van der Waals surface area (Å²) in [4.78, 5) is 4.13. The van der Waals surface area contributed by atoms with Crippen molar-refractivity contribution in [2.45, 2.75) is 13.0 Å². The Hall–Kier alpha value is -2.27. The number of hydrogen-bond acceptors (Lipinski definition) is 4. The molecule has 0 bridgehead atoms. The fourth-order valence-electron chi connectivity index (χ4n) is 1.88. The van der Waals surface area contributed by atoms with Gasteiger partial charge < -0.3 is 5.11 Å². The topological polar surface area (TPSA) is 63.8 Å². The van der Waals surface area contributed by atoms with Gasteiger partial charge in [-0.25, -0.2) is 4.68 Å². The summed E-state index contributed by atoms with van der Waals surface area (Å²) in [5.74, 6) is 0. The highest BCUT2D eigenvalue weighted by Crippen LogP contribution is 2.21. The van der Waals surface area contributed by atoms with E-state index in [0.717, 1.165) is 16.5 Å². The lowest BCUT2D eigenvalue weighted by Crippen LogP contribution is -1.96. The normalized spacial score (nSPS) is 12.8. The maximum atomic E-state index is 9.47. The minimum absolute atomic E-state index is 0.552. The van der Waals surface area contributed by atoms with E-state index < -0.39 is 6.10 Å². The van der Waals surface area contributed by atoms with Gasteiger partial charge in [-0.1, -0.05) is 17.3 Å². The van der Waals surface area contributed by atoms with Crippen LogP contribution in [0.2, 0.25) is 0 Å². The first-order chi connectivity index (χ1) is 8.75. The molecule has 0 radical (unpaired) electrons. The van der Waals surface area contributed by atoms with Crippen molar-refractivity contribution in [2.75, 3.05) is 0 Å². The van der Waals surface area contributed by atoms with E-state index in [0.29, 0.717) is 5.69 Å². The van der Waals surface area contributed by atoms with Crippen LogP contribution in [0.3, 0.4) is 0 Å². The Labute approximate surface area is 104 Å². The molecule has 0 aliphatic rings. The van der Waals surface area contributed by atoms with Gasteiger partial charge in [-0.05, 0) is 24.4 Å². The van der Waals surface area contributed by atoms with E-state index in [9.17, 15) is 5.11 Å². The predicted molar refractivity (Wildman–Crippen MR) is 67.3 cm³/mol. The van der Waals surface area contributed by atoms with Crippen molar-refractivity contribution in [2.24, 2.45) is 0 Å². The molecular weight excluding hydrogens is 228 g/mol. The van der Waals surface area contributed by atoms with Crippen LogP contribution in [0.15, 0.2) is 42.9 Å². The first-order valence-electron chi connectivity index (χ1n) is 5.69. The van der Waals surface area contributed by atoms with E-state index >= 15 is 0 Å². The standard InChI is InChI=1S/C13H12N4O/c1-9(18)12-8-17(16-15-12)13-4-2-3-10-5-6-14-7-11(10)13/h2-9,18H,1H3. The van der Waals surface area contributed by atoms with Crippen molar-refractivity contribution in [1.29, 1.82) is 0 Å². The zero-order valence-corrected chi connectivity index (χ0v) is 9.85. The van der Waals surface area contributed by atoms with Crippen LogP contribution in [-0.2, 0) is 0 Å². The van der Waals surface area contributed by atoms with Crippen molar-refractivity contribution in [3.63, 3.8) is 0 Å². The molecule has 0 spiro atoms. The molecular formula is C13H12N4O. The number of aliphatic hydroxyl groups is 1. The monoisotopic (exact) mass is 240 g/mol. The molecule has 0 aliphatic carbocycles. The SMILES string of the molecule is CC(O)c1cn(-c2cccc3ccncc23)nn1. The van der Waals surface area contributed by atoms with Crippen molar-refractivity contribution in [1.82, 2.24) is 20.0 Å². The quantitative estimate of drug-likeness (QED) is 0.742. The van der Waals surface area contributed by atoms with E-state index in [1.165, 1.54) is 0 Å². The van der Waals surface area contributed by atoms with Crippen molar-refractivity contribution >= 4 is 10.8 Å². The largest absolute Gasteiger partial charge is 0.387 e. The van der Waals surface area contributed by atoms with Crippen LogP contribution in [0.1, 0.15) is 18.7 Å². The Morgan fingerprint density at radius 2 is 2.17 bits per heavy atom. The number of pyridine rings is 1. The summed E-state index contributed by atoms with van der Waals surface area (Å²) in [5, 5.41) is 19.5. The Morgan fingerprint density at radius 1 is 1.28 bits per heavy atom. The number of aliphatic hydroxyl groups excluding tert-OH is 1. The second kappa shape index (κ2) is 4.19. The van der Waals surface area contributed by atoms with Gasteiger partial charge in [0.1, 0.15) is 5.69 Å². The molecule has 5 heteroatoms. The summed E-state index contributed by atoms with van der Waals surface area (Å²) >= 11 is 0. The van der Waals surface area contributed by atoms with Crippen LogP contribution in [0.5, 0.6) is 0 Å². The summed E-state index contributed by atoms with van der Waals surface area (Å²) in [6, 6.07) is 7.88. The zero-order valence-electron chi connectivity index (χ0n) is 9.85. The van der Waals surface area contributed by atoms with Crippen molar-refractivity contribution in [3.05, 3.63) is 48.5 Å². The minimum Gasteiger partial charge on any atom is -0.387 e. The molecule has 2 aromatic heterocycles. The summed E-state index contributed by atoms with van der Waals surface area (Å²) in [6.07, 6.45) is 4.67. The fourth-order valence-corrected chi connectivity index (χ4v) is 1.88. The van der Waals surface area contributed by atoms with Crippen LogP contribution in [0.4, 0.5) is 0 Å². The van der Waals surface area contributed by atoms with Crippen LogP contribution in [-0.4, -0.2) is 25.1 Å². The average Bonchev–Trinajstić information content (AvgIpc) is 2.87. The molecule has 18 heavy (non-hydrogen) atoms. The average molecular weight is 240 g/mol. The molecule has 5 nitrogen and oxygen atoms in total. The van der Waals surface area contributed by atoms with Gasteiger partial charge in [0.25, 0.3) is 0 Å². The smallest absolute Gasteiger partial charge is 0.111 e. The first kappa shape index (κ1) is 10.9. The van der Waals surface area contributed by atoms with Gasteiger partial charge in [0, 0.05) is 17.8 Å². The third-order valence-corrected chi connectivity index (χ3v) is 2.85. The fraction of sp³-hybridized carbons (Fsp3) is 0.154. The first-order valence-corrected chi connectivity index (χ1v) is 5.69. The predicted octanol–water partition coefficient (Wildman–Crippen LogP) is 1.87. The van der Waals surface area contributed by atoms with E-state index in [4.69, 9.17) is 0 Å². The highest BCUT2D eigenvalue weighted by molar-refractivity contribution is 5.89. The third kappa shape index (κ3) is 1.74. The van der Waals surface area contributed by atoms with Crippen LogP contribution < -0.4 is 0 Å². The maximum Gasteiger partial charge on any atom is 0.111 e. The third-order valence-electron chi connectivity index (χ3n) is 2.85. The van der Waals surface area contributed by atoms with Crippen LogP contribution in [0.25, 0.3) is 16.5 Å². The van der Waals surface area contributed by atoms with Crippen molar-refractivity contribution in [3.8, 4) is 5.69 Å². The molecule has 1 N–H and O–H groups in total. The maximum absolute atomic E-state index is 9.47. The molecule has 1 aromatic carbocycles. The second-order valence-corrected chi connectivity index (χ2v) is 4.14. The highest BCUT2D eigenvalue weighted by Gasteiger charge is 2.09. The summed E-state index contributed by atoms with van der Waals surface area (Å²) in [6.45, 7) is 1.67. The number of hydrogen-bond donors (Lipinski definition) is 1. The molecule has 1 atom stereocenters. The number of nitrogens with zero attached hydrogens (tertiary/aromatic N) is 4. The summed E-state index contributed by atoms with van der Waals surface area (Å²) in [5.41, 5.74) is 1.45. The van der Waals surface area contributed by atoms with E-state index in [-0.39, 0.29) is 0 Å². The minimum atomic E-state index is -0.619. The van der Waals surface area contributed by atoms with Gasteiger partial charge in [-0.2, -0.15) is 0 Å². The van der Waals surface area contributed by atoms with Crippen LogP contribution >= 0.6 is 0 Å². The Kier molecular flexibility index (Phi) is 2.53. The van der Waals surface area contributed by atoms with Gasteiger partial charge in [0.15, 0.2) is 0 Å². The summed E-state index contributed by atoms with van der Waals surface area (Å²) < 4.78 is 1.66. The Morgan fingerprint density at radius 3 is 2.94 bits per heavy atom. The lowest BCUT2D eigenvalue weighted by molar-refractivity contribution is 0.194. The molecule has 3 rings (SSSR count). The molecule has 0 saturated heterocycles. The lowest BCUT2D eigenvalue weighted by atomic mass is 10.1.